The van der Waals surface area contributed by atoms with Crippen molar-refractivity contribution in [2.45, 2.75) is 19.4 Å². The highest BCUT2D eigenvalue weighted by atomic mass is 32.2. The number of nitrogens with one attached hydrogen (secondary N) is 1. The minimum atomic E-state index is -0.749. The van der Waals surface area contributed by atoms with Crippen LogP contribution in [0.25, 0.3) is 0 Å². The molecule has 0 aliphatic rings. The number of carbonyl (C=O) groups is 1. The van der Waals surface area contributed by atoms with Crippen molar-refractivity contribution in [3.8, 4) is 0 Å². The maximum atomic E-state index is 10.5. The molecule has 0 amide bonds. The smallest absolute Gasteiger partial charge is 0.320 e. The Kier molecular flexibility index (Phi) is 6.36. The Labute approximate surface area is 71.6 Å². The topological polar surface area (TPSA) is 49.3 Å². The molecule has 0 bridgehead atoms. The van der Waals surface area contributed by atoms with Crippen molar-refractivity contribution >= 4 is 17.7 Å². The van der Waals surface area contributed by atoms with Gasteiger partial charge in [-0.2, -0.15) is 11.8 Å². The number of carboxylic acid groups (broad SMARTS) is 1. The van der Waals surface area contributed by atoms with E-state index in [0.717, 1.165) is 5.75 Å². The van der Waals surface area contributed by atoms with E-state index >= 15 is 0 Å². The Morgan fingerprint density at radius 2 is 2.36 bits per heavy atom. The van der Waals surface area contributed by atoms with E-state index in [4.69, 9.17) is 5.11 Å². The minimum Gasteiger partial charge on any atom is -0.480 e. The van der Waals surface area contributed by atoms with Crippen LogP contribution in [0.1, 0.15) is 13.3 Å². The molecule has 2 N–H and O–H groups in total. The first kappa shape index (κ1) is 10.8. The fourth-order valence-corrected chi connectivity index (χ4v) is 1.27. The van der Waals surface area contributed by atoms with Gasteiger partial charge in [-0.3, -0.25) is 4.79 Å². The summed E-state index contributed by atoms with van der Waals surface area (Å²) < 4.78 is 0. The quantitative estimate of drug-likeness (QED) is 0.630. The molecular weight excluding hydrogens is 162 g/mol. The number of carboxylic acids is 1. The molecule has 0 aromatic carbocycles. The van der Waals surface area contributed by atoms with Crippen molar-refractivity contribution in [1.82, 2.24) is 5.32 Å². The van der Waals surface area contributed by atoms with E-state index in [2.05, 4.69) is 5.32 Å². The van der Waals surface area contributed by atoms with Crippen LogP contribution in [-0.2, 0) is 4.79 Å². The van der Waals surface area contributed by atoms with Crippen LogP contribution in [0.2, 0.25) is 0 Å². The van der Waals surface area contributed by atoms with E-state index in [1.807, 2.05) is 13.2 Å². The number of thioether (sulfide) groups is 1. The summed E-state index contributed by atoms with van der Waals surface area (Å²) in [6.45, 7) is 2.63. The standard InChI is InChI=1S/C7H15NO2S/c1-3-8-6(7(9)10)4-5-11-2/h6,8H,3-5H2,1-2H3,(H,9,10). The molecule has 3 nitrogen and oxygen atoms in total. The van der Waals surface area contributed by atoms with Gasteiger partial charge in [0.05, 0.1) is 0 Å². The van der Waals surface area contributed by atoms with Gasteiger partial charge >= 0.3 is 5.97 Å². The van der Waals surface area contributed by atoms with Gasteiger partial charge in [0.2, 0.25) is 0 Å². The Balaban J connectivity index is 3.60. The monoisotopic (exact) mass is 177 g/mol. The fraction of sp³-hybridized carbons (Fsp3) is 0.857. The Bertz CT molecular complexity index is 119. The molecule has 0 aliphatic carbocycles. The van der Waals surface area contributed by atoms with Gasteiger partial charge in [-0.05, 0) is 25.0 Å². The van der Waals surface area contributed by atoms with Crippen molar-refractivity contribution in [1.29, 1.82) is 0 Å². The van der Waals surface area contributed by atoms with Crippen LogP contribution < -0.4 is 5.32 Å². The van der Waals surface area contributed by atoms with Gasteiger partial charge in [0.15, 0.2) is 0 Å². The second kappa shape index (κ2) is 6.49. The summed E-state index contributed by atoms with van der Waals surface area (Å²) in [4.78, 5) is 10.5. The van der Waals surface area contributed by atoms with Crippen LogP contribution in [-0.4, -0.2) is 35.7 Å². The van der Waals surface area contributed by atoms with Crippen molar-refractivity contribution < 1.29 is 9.90 Å². The fourth-order valence-electron chi connectivity index (χ4n) is 0.795. The van der Waals surface area contributed by atoms with Crippen LogP contribution in [0, 0.1) is 0 Å². The molecule has 11 heavy (non-hydrogen) atoms. The minimum absolute atomic E-state index is 0.368. The molecule has 0 spiro atoms. The van der Waals surface area contributed by atoms with E-state index in [9.17, 15) is 4.79 Å². The molecule has 0 saturated heterocycles. The molecular formula is C7H15NO2S. The predicted molar refractivity (Wildman–Crippen MR) is 48.1 cm³/mol. The summed E-state index contributed by atoms with van der Waals surface area (Å²) in [5.74, 6) is 0.144. The summed E-state index contributed by atoms with van der Waals surface area (Å²) in [6, 6.07) is -0.368. The van der Waals surface area contributed by atoms with Gasteiger partial charge in [0, 0.05) is 0 Å². The SMILES string of the molecule is CCNC(CCSC)C(=O)O. The molecule has 0 rings (SSSR count). The molecule has 0 aliphatic heterocycles. The molecule has 0 heterocycles. The molecule has 0 radical (unpaired) electrons. The summed E-state index contributed by atoms with van der Waals surface area (Å²) in [5, 5.41) is 11.6. The third-order valence-corrected chi connectivity index (χ3v) is 2.00. The van der Waals surface area contributed by atoms with E-state index in [-0.39, 0.29) is 6.04 Å². The van der Waals surface area contributed by atoms with Crippen molar-refractivity contribution in [2.24, 2.45) is 0 Å². The zero-order valence-corrected chi connectivity index (χ0v) is 7.78. The van der Waals surface area contributed by atoms with Crippen LogP contribution in [0.5, 0.6) is 0 Å². The third kappa shape index (κ3) is 5.09. The molecule has 4 heteroatoms. The highest BCUT2D eigenvalue weighted by molar-refractivity contribution is 7.98. The highest BCUT2D eigenvalue weighted by Gasteiger charge is 2.14. The molecule has 0 aromatic heterocycles. The van der Waals surface area contributed by atoms with Gasteiger partial charge in [-0.25, -0.2) is 0 Å². The molecule has 66 valence electrons. The van der Waals surface area contributed by atoms with Crippen molar-refractivity contribution in [3.05, 3.63) is 0 Å². The first-order chi connectivity index (χ1) is 5.22. The van der Waals surface area contributed by atoms with Gasteiger partial charge in [-0.15, -0.1) is 0 Å². The second-order valence-electron chi connectivity index (χ2n) is 2.23. The zero-order chi connectivity index (χ0) is 8.69. The van der Waals surface area contributed by atoms with Gasteiger partial charge in [0.25, 0.3) is 0 Å². The summed E-state index contributed by atoms with van der Waals surface area (Å²) >= 11 is 1.67. The third-order valence-electron chi connectivity index (χ3n) is 1.36. The Morgan fingerprint density at radius 3 is 2.73 bits per heavy atom. The normalized spacial score (nSPS) is 12.9. The van der Waals surface area contributed by atoms with Gasteiger partial charge in [-0.1, -0.05) is 6.92 Å². The number of hydrogen-bond donors (Lipinski definition) is 2. The summed E-state index contributed by atoms with van der Waals surface area (Å²) in [7, 11) is 0. The van der Waals surface area contributed by atoms with E-state index in [1.54, 1.807) is 11.8 Å². The number of aliphatic carboxylic acids is 1. The van der Waals surface area contributed by atoms with Crippen LogP contribution in [0.15, 0.2) is 0 Å². The second-order valence-corrected chi connectivity index (χ2v) is 3.22. The van der Waals surface area contributed by atoms with Crippen molar-refractivity contribution in [3.63, 3.8) is 0 Å². The van der Waals surface area contributed by atoms with Crippen LogP contribution in [0.3, 0.4) is 0 Å². The lowest BCUT2D eigenvalue weighted by Crippen LogP contribution is -2.36. The molecule has 0 fully saturated rings. The van der Waals surface area contributed by atoms with Crippen LogP contribution in [0.4, 0.5) is 0 Å². The van der Waals surface area contributed by atoms with Gasteiger partial charge in [0.1, 0.15) is 6.04 Å². The molecule has 0 saturated carbocycles. The maximum Gasteiger partial charge on any atom is 0.320 e. The molecule has 1 unspecified atom stereocenters. The predicted octanol–water partition coefficient (Wildman–Crippen LogP) is 0.802. The lowest BCUT2D eigenvalue weighted by Gasteiger charge is -2.11. The lowest BCUT2D eigenvalue weighted by molar-refractivity contribution is -0.139. The number of likely N-dealkylation sites (N-methyl/N-ethyl adjacent to an activating group) is 1. The van der Waals surface area contributed by atoms with E-state index in [1.165, 1.54) is 0 Å². The maximum absolute atomic E-state index is 10.5. The molecule has 1 atom stereocenters. The highest BCUT2D eigenvalue weighted by Crippen LogP contribution is 2.00. The van der Waals surface area contributed by atoms with E-state index in [0.29, 0.717) is 13.0 Å². The average Bonchev–Trinajstić information content (AvgIpc) is 1.97. The lowest BCUT2D eigenvalue weighted by atomic mass is 10.2. The Hall–Kier alpha value is -0.220. The van der Waals surface area contributed by atoms with Crippen molar-refractivity contribution in [2.75, 3.05) is 18.6 Å². The average molecular weight is 177 g/mol. The first-order valence-electron chi connectivity index (χ1n) is 3.67. The number of hydrogen-bond acceptors (Lipinski definition) is 3. The van der Waals surface area contributed by atoms with E-state index < -0.39 is 5.97 Å². The first-order valence-corrected chi connectivity index (χ1v) is 5.06. The summed E-state index contributed by atoms with van der Waals surface area (Å²) in [5.41, 5.74) is 0. The van der Waals surface area contributed by atoms with Gasteiger partial charge < -0.3 is 10.4 Å². The Morgan fingerprint density at radius 1 is 1.73 bits per heavy atom. The zero-order valence-electron chi connectivity index (χ0n) is 6.96. The molecule has 0 aromatic rings. The van der Waals surface area contributed by atoms with Crippen LogP contribution >= 0.6 is 11.8 Å². The summed E-state index contributed by atoms with van der Waals surface area (Å²) in [6.07, 6.45) is 2.68. The number of rotatable bonds is 6. The largest absolute Gasteiger partial charge is 0.480 e.